The third kappa shape index (κ3) is 3.41. The van der Waals surface area contributed by atoms with Gasteiger partial charge in [0.15, 0.2) is 0 Å². The van der Waals surface area contributed by atoms with Gasteiger partial charge in [-0.25, -0.2) is 4.98 Å². The van der Waals surface area contributed by atoms with E-state index in [1.54, 1.807) is 0 Å². The number of likely N-dealkylation sites (N-methyl/N-ethyl adjacent to an activating group) is 1. The molecule has 1 aromatic carbocycles. The monoisotopic (exact) mass is 389 g/mol. The van der Waals surface area contributed by atoms with E-state index in [-0.39, 0.29) is 0 Å². The largest absolute Gasteiger partial charge is 0.355 e. The molecule has 2 aromatic rings. The van der Waals surface area contributed by atoms with Gasteiger partial charge in [0, 0.05) is 49.8 Å². The van der Waals surface area contributed by atoms with Gasteiger partial charge in [-0.15, -0.1) is 0 Å². The Morgan fingerprint density at radius 1 is 1.00 bits per heavy atom. The van der Waals surface area contributed by atoms with Crippen LogP contribution in [-0.2, 0) is 0 Å². The standard InChI is InChI=1S/C18H24BrN5/c1-22-8-10-23(11-9-22)15-4-6-24(7-5-15)18-13-20-16-3-2-14(19)12-17(16)21-18/h2-3,12-13,15H,4-11H2,1H3. The number of piperazine rings is 1. The summed E-state index contributed by atoms with van der Waals surface area (Å²) in [6.45, 7) is 6.98. The molecule has 0 saturated carbocycles. The van der Waals surface area contributed by atoms with Crippen molar-refractivity contribution in [2.45, 2.75) is 18.9 Å². The molecular weight excluding hydrogens is 366 g/mol. The summed E-state index contributed by atoms with van der Waals surface area (Å²) in [5.41, 5.74) is 1.91. The highest BCUT2D eigenvalue weighted by molar-refractivity contribution is 9.10. The first kappa shape index (κ1) is 16.2. The van der Waals surface area contributed by atoms with Crippen LogP contribution in [0.1, 0.15) is 12.8 Å². The molecule has 0 bridgehead atoms. The highest BCUT2D eigenvalue weighted by Gasteiger charge is 2.27. The van der Waals surface area contributed by atoms with Crippen LogP contribution in [-0.4, -0.2) is 72.1 Å². The van der Waals surface area contributed by atoms with E-state index in [2.05, 4.69) is 42.7 Å². The van der Waals surface area contributed by atoms with Crippen molar-refractivity contribution >= 4 is 32.8 Å². The van der Waals surface area contributed by atoms with Crippen LogP contribution in [0, 0.1) is 0 Å². The minimum absolute atomic E-state index is 0.734. The van der Waals surface area contributed by atoms with Gasteiger partial charge in [-0.1, -0.05) is 15.9 Å². The molecule has 0 atom stereocenters. The average molecular weight is 390 g/mol. The molecule has 6 heteroatoms. The molecule has 3 heterocycles. The molecule has 0 spiro atoms. The maximum Gasteiger partial charge on any atom is 0.147 e. The van der Waals surface area contributed by atoms with E-state index >= 15 is 0 Å². The van der Waals surface area contributed by atoms with E-state index < -0.39 is 0 Å². The highest BCUT2D eigenvalue weighted by atomic mass is 79.9. The molecule has 2 fully saturated rings. The number of anilines is 1. The molecule has 0 unspecified atom stereocenters. The fourth-order valence-corrected chi connectivity index (χ4v) is 4.12. The van der Waals surface area contributed by atoms with Crippen LogP contribution in [0.4, 0.5) is 5.82 Å². The third-order valence-electron chi connectivity index (χ3n) is 5.33. The van der Waals surface area contributed by atoms with Gasteiger partial charge in [0.05, 0.1) is 17.2 Å². The second-order valence-corrected chi connectivity index (χ2v) is 7.83. The number of benzene rings is 1. The molecule has 2 aliphatic heterocycles. The van der Waals surface area contributed by atoms with E-state index in [1.807, 2.05) is 24.4 Å². The minimum Gasteiger partial charge on any atom is -0.355 e. The fraction of sp³-hybridized carbons (Fsp3) is 0.556. The van der Waals surface area contributed by atoms with Crippen LogP contribution in [0.2, 0.25) is 0 Å². The van der Waals surface area contributed by atoms with Crippen molar-refractivity contribution in [2.24, 2.45) is 0 Å². The van der Waals surface area contributed by atoms with Crippen molar-refractivity contribution in [3.05, 3.63) is 28.9 Å². The summed E-state index contributed by atoms with van der Waals surface area (Å²) < 4.78 is 1.05. The zero-order valence-corrected chi connectivity index (χ0v) is 15.7. The average Bonchev–Trinajstić information content (AvgIpc) is 2.62. The molecule has 2 saturated heterocycles. The number of hydrogen-bond acceptors (Lipinski definition) is 5. The van der Waals surface area contributed by atoms with Crippen molar-refractivity contribution in [1.29, 1.82) is 0 Å². The van der Waals surface area contributed by atoms with Crippen LogP contribution in [0.25, 0.3) is 11.0 Å². The Morgan fingerprint density at radius 3 is 2.50 bits per heavy atom. The maximum atomic E-state index is 4.82. The molecule has 0 N–H and O–H groups in total. The summed E-state index contributed by atoms with van der Waals surface area (Å²) in [5.74, 6) is 1.01. The van der Waals surface area contributed by atoms with E-state index in [4.69, 9.17) is 4.98 Å². The quantitative estimate of drug-likeness (QED) is 0.788. The second-order valence-electron chi connectivity index (χ2n) is 6.92. The van der Waals surface area contributed by atoms with Crippen LogP contribution < -0.4 is 4.90 Å². The Labute approximate surface area is 151 Å². The van der Waals surface area contributed by atoms with Gasteiger partial charge in [-0.05, 0) is 38.1 Å². The smallest absolute Gasteiger partial charge is 0.147 e. The first-order valence-corrected chi connectivity index (χ1v) is 9.58. The minimum atomic E-state index is 0.734. The van der Waals surface area contributed by atoms with E-state index in [0.29, 0.717) is 0 Å². The number of fused-ring (bicyclic) bond motifs is 1. The van der Waals surface area contributed by atoms with Crippen molar-refractivity contribution in [3.63, 3.8) is 0 Å². The SMILES string of the molecule is CN1CCN(C2CCN(c3cnc4ccc(Br)cc4n3)CC2)CC1. The highest BCUT2D eigenvalue weighted by Crippen LogP contribution is 2.24. The van der Waals surface area contributed by atoms with Gasteiger partial charge >= 0.3 is 0 Å². The van der Waals surface area contributed by atoms with Crippen LogP contribution in [0.3, 0.4) is 0 Å². The maximum absolute atomic E-state index is 4.82. The summed E-state index contributed by atoms with van der Waals surface area (Å²) in [7, 11) is 2.22. The third-order valence-corrected chi connectivity index (χ3v) is 5.83. The lowest BCUT2D eigenvalue weighted by Crippen LogP contribution is -2.52. The second kappa shape index (κ2) is 6.94. The lowest BCUT2D eigenvalue weighted by atomic mass is 10.0. The molecule has 128 valence electrons. The Hall–Kier alpha value is -1.24. The molecule has 0 radical (unpaired) electrons. The fourth-order valence-electron chi connectivity index (χ4n) is 3.77. The Kier molecular flexibility index (Phi) is 4.70. The molecule has 24 heavy (non-hydrogen) atoms. The van der Waals surface area contributed by atoms with Crippen LogP contribution in [0.15, 0.2) is 28.9 Å². The zero-order chi connectivity index (χ0) is 16.5. The van der Waals surface area contributed by atoms with Gasteiger partial charge in [-0.2, -0.15) is 0 Å². The van der Waals surface area contributed by atoms with Crippen molar-refractivity contribution in [2.75, 3.05) is 51.2 Å². The van der Waals surface area contributed by atoms with Crippen molar-refractivity contribution < 1.29 is 0 Å². The number of piperidine rings is 1. The normalized spacial score (nSPS) is 21.5. The van der Waals surface area contributed by atoms with E-state index in [9.17, 15) is 0 Å². The van der Waals surface area contributed by atoms with Gasteiger partial charge < -0.3 is 9.80 Å². The Balaban J connectivity index is 1.42. The summed E-state index contributed by atoms with van der Waals surface area (Å²) in [6.07, 6.45) is 4.37. The first-order chi connectivity index (χ1) is 11.7. The molecule has 4 rings (SSSR count). The summed E-state index contributed by atoms with van der Waals surface area (Å²) in [6, 6.07) is 6.80. The molecular formula is C18H24BrN5. The number of halogens is 1. The van der Waals surface area contributed by atoms with Gasteiger partial charge in [0.1, 0.15) is 5.82 Å². The van der Waals surface area contributed by atoms with Gasteiger partial charge in [-0.3, -0.25) is 9.88 Å². The van der Waals surface area contributed by atoms with Crippen LogP contribution in [0.5, 0.6) is 0 Å². The van der Waals surface area contributed by atoms with E-state index in [0.717, 1.165) is 40.5 Å². The number of nitrogens with zero attached hydrogens (tertiary/aromatic N) is 5. The number of rotatable bonds is 2. The number of aromatic nitrogens is 2. The predicted octanol–water partition coefficient (Wildman–Crippen LogP) is 2.61. The Morgan fingerprint density at radius 2 is 1.75 bits per heavy atom. The lowest BCUT2D eigenvalue weighted by molar-refractivity contribution is 0.0981. The van der Waals surface area contributed by atoms with Crippen molar-refractivity contribution in [1.82, 2.24) is 19.8 Å². The van der Waals surface area contributed by atoms with Crippen LogP contribution >= 0.6 is 15.9 Å². The summed E-state index contributed by atoms with van der Waals surface area (Å²) in [4.78, 5) is 16.9. The molecule has 1 aromatic heterocycles. The molecule has 5 nitrogen and oxygen atoms in total. The first-order valence-electron chi connectivity index (χ1n) is 8.79. The topological polar surface area (TPSA) is 35.5 Å². The predicted molar refractivity (Wildman–Crippen MR) is 102 cm³/mol. The lowest BCUT2D eigenvalue weighted by Gasteiger charge is -2.42. The van der Waals surface area contributed by atoms with E-state index in [1.165, 1.54) is 39.0 Å². The Bertz CT molecular complexity index is 706. The van der Waals surface area contributed by atoms with Gasteiger partial charge in [0.2, 0.25) is 0 Å². The zero-order valence-electron chi connectivity index (χ0n) is 14.2. The number of hydrogen-bond donors (Lipinski definition) is 0. The van der Waals surface area contributed by atoms with Gasteiger partial charge in [0.25, 0.3) is 0 Å². The molecule has 0 amide bonds. The molecule has 2 aliphatic rings. The molecule has 0 aliphatic carbocycles. The summed E-state index contributed by atoms with van der Waals surface area (Å²) in [5, 5.41) is 0. The van der Waals surface area contributed by atoms with Crippen molar-refractivity contribution in [3.8, 4) is 0 Å². The summed E-state index contributed by atoms with van der Waals surface area (Å²) >= 11 is 3.52.